The molecule has 1 aliphatic heterocycles. The molecule has 21 heavy (non-hydrogen) atoms. The number of nitrogens with zero attached hydrogens (tertiary/aromatic N) is 2. The van der Waals surface area contributed by atoms with Crippen molar-refractivity contribution in [3.63, 3.8) is 0 Å². The topological polar surface area (TPSA) is 32.8 Å². The minimum Gasteiger partial charge on any atom is -0.492 e. The van der Waals surface area contributed by atoms with Gasteiger partial charge in [-0.1, -0.05) is 18.2 Å². The average molecular weight is 313 g/mol. The summed E-state index contributed by atoms with van der Waals surface area (Å²) >= 11 is 0. The second-order valence-corrected chi connectivity index (χ2v) is 5.28. The maximum Gasteiger partial charge on any atom is 0.223 e. The van der Waals surface area contributed by atoms with Crippen LogP contribution < -0.4 is 4.74 Å². The molecule has 1 aromatic rings. The summed E-state index contributed by atoms with van der Waals surface area (Å²) in [5.74, 6) is 1.05. The van der Waals surface area contributed by atoms with Crippen LogP contribution in [0.1, 0.15) is 19.3 Å². The molecule has 1 saturated heterocycles. The Bertz CT molecular complexity index is 408. The number of likely N-dealkylation sites (N-methyl/N-ethyl adjacent to an activating group) is 1. The monoisotopic (exact) mass is 312 g/mol. The third kappa shape index (κ3) is 6.36. The van der Waals surface area contributed by atoms with Crippen LogP contribution in [0.15, 0.2) is 30.3 Å². The second-order valence-electron chi connectivity index (χ2n) is 5.28. The molecule has 0 unspecified atom stereocenters. The largest absolute Gasteiger partial charge is 0.492 e. The highest BCUT2D eigenvalue weighted by atomic mass is 35.5. The van der Waals surface area contributed by atoms with E-state index in [0.29, 0.717) is 19.6 Å². The van der Waals surface area contributed by atoms with Crippen LogP contribution in [0.5, 0.6) is 5.75 Å². The smallest absolute Gasteiger partial charge is 0.223 e. The Morgan fingerprint density at radius 2 is 1.90 bits per heavy atom. The van der Waals surface area contributed by atoms with E-state index in [1.807, 2.05) is 37.4 Å². The SMILES string of the molecule is CN(CCOc1ccccc1)C(=O)CCN1CCCC1.Cl. The van der Waals surface area contributed by atoms with E-state index in [1.165, 1.54) is 12.8 Å². The van der Waals surface area contributed by atoms with Crippen LogP contribution in [0.2, 0.25) is 0 Å². The highest BCUT2D eigenvalue weighted by Gasteiger charge is 2.14. The Labute approximate surface area is 133 Å². The molecule has 1 amide bonds. The number of likely N-dealkylation sites (tertiary alicyclic amines) is 1. The number of carbonyl (C=O) groups is 1. The number of para-hydroxylation sites is 1. The van der Waals surface area contributed by atoms with Gasteiger partial charge in [-0.15, -0.1) is 12.4 Å². The number of rotatable bonds is 7. The predicted molar refractivity (Wildman–Crippen MR) is 87.1 cm³/mol. The molecule has 0 N–H and O–H groups in total. The van der Waals surface area contributed by atoms with Crippen LogP contribution >= 0.6 is 12.4 Å². The van der Waals surface area contributed by atoms with E-state index in [2.05, 4.69) is 4.90 Å². The van der Waals surface area contributed by atoms with Gasteiger partial charge in [0.05, 0.1) is 6.54 Å². The van der Waals surface area contributed by atoms with E-state index in [1.54, 1.807) is 4.90 Å². The van der Waals surface area contributed by atoms with Crippen molar-refractivity contribution in [2.75, 3.05) is 39.8 Å². The van der Waals surface area contributed by atoms with Crippen LogP contribution in [-0.4, -0.2) is 55.5 Å². The van der Waals surface area contributed by atoms with E-state index in [0.717, 1.165) is 25.4 Å². The molecule has 0 bridgehead atoms. The molecule has 118 valence electrons. The summed E-state index contributed by atoms with van der Waals surface area (Å²) in [6, 6.07) is 9.70. The highest BCUT2D eigenvalue weighted by Crippen LogP contribution is 2.09. The van der Waals surface area contributed by atoms with Gasteiger partial charge in [-0.2, -0.15) is 0 Å². The van der Waals surface area contributed by atoms with Gasteiger partial charge in [0, 0.05) is 20.0 Å². The van der Waals surface area contributed by atoms with Crippen LogP contribution in [0.25, 0.3) is 0 Å². The summed E-state index contributed by atoms with van der Waals surface area (Å²) in [6.07, 6.45) is 3.16. The van der Waals surface area contributed by atoms with Gasteiger partial charge in [-0.25, -0.2) is 0 Å². The minimum atomic E-state index is 0. The maximum absolute atomic E-state index is 12.0. The summed E-state index contributed by atoms with van der Waals surface area (Å²) in [7, 11) is 1.85. The predicted octanol–water partition coefficient (Wildman–Crippen LogP) is 2.43. The van der Waals surface area contributed by atoms with Gasteiger partial charge < -0.3 is 14.5 Å². The van der Waals surface area contributed by atoms with Crippen LogP contribution in [0, 0.1) is 0 Å². The van der Waals surface area contributed by atoms with E-state index >= 15 is 0 Å². The molecule has 0 radical (unpaired) electrons. The minimum absolute atomic E-state index is 0. The number of hydrogen-bond acceptors (Lipinski definition) is 3. The fourth-order valence-electron chi connectivity index (χ4n) is 2.39. The zero-order valence-corrected chi connectivity index (χ0v) is 13.5. The third-order valence-corrected chi connectivity index (χ3v) is 3.70. The highest BCUT2D eigenvalue weighted by molar-refractivity contribution is 5.85. The number of amides is 1. The molecular formula is C16H25ClN2O2. The molecule has 0 saturated carbocycles. The molecule has 0 atom stereocenters. The summed E-state index contributed by atoms with van der Waals surface area (Å²) in [4.78, 5) is 16.1. The molecule has 4 nitrogen and oxygen atoms in total. The van der Waals surface area contributed by atoms with Crippen LogP contribution in [0.4, 0.5) is 0 Å². The first-order valence-corrected chi connectivity index (χ1v) is 7.40. The Kier molecular flexibility index (Phi) is 8.16. The van der Waals surface area contributed by atoms with Crippen molar-refractivity contribution in [3.8, 4) is 5.75 Å². The molecule has 2 rings (SSSR count). The lowest BCUT2D eigenvalue weighted by Gasteiger charge is -2.20. The molecule has 0 aromatic heterocycles. The first-order chi connectivity index (χ1) is 9.75. The fraction of sp³-hybridized carbons (Fsp3) is 0.562. The Hall–Kier alpha value is -1.26. The van der Waals surface area contributed by atoms with Gasteiger partial charge in [0.25, 0.3) is 0 Å². The molecule has 5 heteroatoms. The molecule has 1 heterocycles. The van der Waals surface area contributed by atoms with E-state index in [-0.39, 0.29) is 18.3 Å². The molecule has 0 spiro atoms. The van der Waals surface area contributed by atoms with E-state index < -0.39 is 0 Å². The van der Waals surface area contributed by atoms with E-state index in [4.69, 9.17) is 4.74 Å². The van der Waals surface area contributed by atoms with Crippen molar-refractivity contribution < 1.29 is 9.53 Å². The summed E-state index contributed by atoms with van der Waals surface area (Å²) in [5.41, 5.74) is 0. The zero-order chi connectivity index (χ0) is 14.2. The number of hydrogen-bond donors (Lipinski definition) is 0. The molecule has 1 aromatic carbocycles. The quantitative estimate of drug-likeness (QED) is 0.775. The van der Waals surface area contributed by atoms with Gasteiger partial charge in [-0.05, 0) is 38.1 Å². The van der Waals surface area contributed by atoms with Crippen molar-refractivity contribution in [2.45, 2.75) is 19.3 Å². The van der Waals surface area contributed by atoms with Crippen molar-refractivity contribution in [1.82, 2.24) is 9.80 Å². The lowest BCUT2D eigenvalue weighted by Crippen LogP contribution is -2.33. The van der Waals surface area contributed by atoms with Crippen molar-refractivity contribution in [2.24, 2.45) is 0 Å². The summed E-state index contributed by atoms with van der Waals surface area (Å²) in [5, 5.41) is 0. The first kappa shape index (κ1) is 17.8. The lowest BCUT2D eigenvalue weighted by atomic mass is 10.3. The second kappa shape index (κ2) is 9.64. The zero-order valence-electron chi connectivity index (χ0n) is 12.7. The molecular weight excluding hydrogens is 288 g/mol. The number of halogens is 1. The number of benzene rings is 1. The van der Waals surface area contributed by atoms with E-state index in [9.17, 15) is 4.79 Å². The third-order valence-electron chi connectivity index (χ3n) is 3.70. The lowest BCUT2D eigenvalue weighted by molar-refractivity contribution is -0.130. The Morgan fingerprint density at radius 3 is 2.57 bits per heavy atom. The number of ether oxygens (including phenoxy) is 1. The van der Waals surface area contributed by atoms with Gasteiger partial charge in [0.2, 0.25) is 5.91 Å². The fourth-order valence-corrected chi connectivity index (χ4v) is 2.39. The van der Waals surface area contributed by atoms with Crippen molar-refractivity contribution in [1.29, 1.82) is 0 Å². The average Bonchev–Trinajstić information content (AvgIpc) is 2.99. The summed E-state index contributed by atoms with van der Waals surface area (Å²) < 4.78 is 5.60. The maximum atomic E-state index is 12.0. The molecule has 1 fully saturated rings. The normalized spacial score (nSPS) is 14.5. The molecule has 0 aliphatic carbocycles. The Balaban J connectivity index is 0.00000220. The van der Waals surface area contributed by atoms with Gasteiger partial charge >= 0.3 is 0 Å². The standard InChI is InChI=1S/C16H24N2O2.ClH/c1-17(13-14-20-15-7-3-2-4-8-15)16(19)9-12-18-10-5-6-11-18;/h2-4,7-8H,5-6,9-14H2,1H3;1H. The van der Waals surface area contributed by atoms with Gasteiger partial charge in [0.15, 0.2) is 0 Å². The van der Waals surface area contributed by atoms with Gasteiger partial charge in [0.1, 0.15) is 12.4 Å². The van der Waals surface area contributed by atoms with Crippen LogP contribution in [0.3, 0.4) is 0 Å². The number of carbonyl (C=O) groups excluding carboxylic acids is 1. The van der Waals surface area contributed by atoms with Crippen molar-refractivity contribution >= 4 is 18.3 Å². The Morgan fingerprint density at radius 1 is 1.24 bits per heavy atom. The molecule has 1 aliphatic rings. The summed E-state index contributed by atoms with van der Waals surface area (Å²) in [6.45, 7) is 4.36. The first-order valence-electron chi connectivity index (χ1n) is 7.40. The van der Waals surface area contributed by atoms with Gasteiger partial charge in [-0.3, -0.25) is 4.79 Å². The van der Waals surface area contributed by atoms with Crippen LogP contribution in [-0.2, 0) is 4.79 Å². The van der Waals surface area contributed by atoms with Crippen molar-refractivity contribution in [3.05, 3.63) is 30.3 Å².